The van der Waals surface area contributed by atoms with Gasteiger partial charge in [0.2, 0.25) is 0 Å². The highest BCUT2D eigenvalue weighted by Gasteiger charge is 2.31. The van der Waals surface area contributed by atoms with E-state index in [0.717, 1.165) is 77.0 Å². The van der Waals surface area contributed by atoms with Gasteiger partial charge in [0.1, 0.15) is 6.61 Å². The number of carbonyl (C=O) groups is 3. The maximum atomic E-state index is 12.7. The number of ether oxygens (including phenoxy) is 3. The van der Waals surface area contributed by atoms with E-state index in [1.165, 1.54) is 57.8 Å². The second-order valence-electron chi connectivity index (χ2n) is 15.2. The molecule has 53 heavy (non-hydrogen) atoms. The summed E-state index contributed by atoms with van der Waals surface area (Å²) >= 11 is 0. The minimum atomic E-state index is -0.880. The van der Waals surface area contributed by atoms with E-state index in [1.54, 1.807) is 0 Å². The van der Waals surface area contributed by atoms with Crippen LogP contribution in [0.25, 0.3) is 0 Å². The van der Waals surface area contributed by atoms with Crippen LogP contribution in [-0.2, 0) is 28.6 Å². The van der Waals surface area contributed by atoms with E-state index in [-0.39, 0.29) is 36.2 Å². The van der Waals surface area contributed by atoms with Crippen LogP contribution in [0, 0.1) is 0 Å². The van der Waals surface area contributed by atoms with Crippen molar-refractivity contribution >= 4 is 17.9 Å². The SMILES string of the molecule is CC/C=C\C/C=C\C/C=C\C/C=C\CCCCCCC(=O)OC(COCCC(C(=O)O)[N+](C)(C)C)COC(=O)CCCCCCCCCCCCCC. The van der Waals surface area contributed by atoms with Crippen LogP contribution in [0.3, 0.4) is 0 Å². The summed E-state index contributed by atoms with van der Waals surface area (Å²) in [4.78, 5) is 36.9. The number of quaternary nitrogens is 1. The van der Waals surface area contributed by atoms with Crippen molar-refractivity contribution in [2.45, 2.75) is 180 Å². The summed E-state index contributed by atoms with van der Waals surface area (Å²) in [5, 5.41) is 9.60. The second-order valence-corrected chi connectivity index (χ2v) is 15.2. The molecule has 0 aromatic rings. The van der Waals surface area contributed by atoms with Crippen LogP contribution in [0.4, 0.5) is 0 Å². The van der Waals surface area contributed by atoms with Crippen LogP contribution in [0.5, 0.6) is 0 Å². The van der Waals surface area contributed by atoms with Crippen LogP contribution in [0.15, 0.2) is 48.6 Å². The van der Waals surface area contributed by atoms with Gasteiger partial charge in [0.25, 0.3) is 0 Å². The molecule has 0 bridgehead atoms. The number of likely N-dealkylation sites (N-methyl/N-ethyl adjacent to an activating group) is 1. The molecular formula is C45H80NO7+. The molecule has 0 saturated heterocycles. The number of hydrogen-bond acceptors (Lipinski definition) is 6. The van der Waals surface area contributed by atoms with Gasteiger partial charge in [0.15, 0.2) is 12.1 Å². The Bertz CT molecular complexity index is 1010. The first kappa shape index (κ1) is 50.3. The number of rotatable bonds is 37. The molecule has 0 aliphatic heterocycles. The number of carboxylic acid groups (broad SMARTS) is 1. The fourth-order valence-corrected chi connectivity index (χ4v) is 5.96. The lowest BCUT2D eigenvalue weighted by Gasteiger charge is -2.31. The number of nitrogens with zero attached hydrogens (tertiary/aromatic N) is 1. The largest absolute Gasteiger partial charge is 0.477 e. The molecule has 0 radical (unpaired) electrons. The normalized spacial score (nSPS) is 13.5. The first-order valence-corrected chi connectivity index (χ1v) is 21.2. The van der Waals surface area contributed by atoms with Gasteiger partial charge in [-0.1, -0.05) is 146 Å². The standard InChI is InChI=1S/C45H79NO7/c1-6-8-10-12-14-16-18-20-21-22-23-24-26-28-30-32-34-36-44(48)53-41(39-51-38-37-42(45(49)50)46(3,4)5)40-52-43(47)35-33-31-29-27-25-19-17-15-13-11-9-7-2/h8,10,14,16,20-21,23-24,41-42H,6-7,9,11-13,15,17-19,22,25-40H2,1-5H3/p+1/b10-8-,16-14-,21-20-,24-23-. The Labute approximate surface area is 325 Å². The topological polar surface area (TPSA) is 99.1 Å². The molecule has 2 unspecified atom stereocenters. The minimum Gasteiger partial charge on any atom is -0.477 e. The summed E-state index contributed by atoms with van der Waals surface area (Å²) in [5.74, 6) is -1.50. The Kier molecular flexibility index (Phi) is 34.4. The summed E-state index contributed by atoms with van der Waals surface area (Å²) in [7, 11) is 5.51. The van der Waals surface area contributed by atoms with E-state index in [4.69, 9.17) is 14.2 Å². The van der Waals surface area contributed by atoms with Gasteiger partial charge in [-0.3, -0.25) is 9.59 Å². The highest BCUT2D eigenvalue weighted by molar-refractivity contribution is 5.72. The molecule has 0 aliphatic rings. The van der Waals surface area contributed by atoms with Gasteiger partial charge in [-0.2, -0.15) is 0 Å². The summed E-state index contributed by atoms with van der Waals surface area (Å²) in [5.41, 5.74) is 0. The third kappa shape index (κ3) is 34.8. The van der Waals surface area contributed by atoms with Crippen molar-refractivity contribution in [2.75, 3.05) is 41.0 Å². The lowest BCUT2D eigenvalue weighted by molar-refractivity contribution is -0.887. The van der Waals surface area contributed by atoms with E-state index in [1.807, 2.05) is 21.1 Å². The number of aliphatic carboxylic acids is 1. The average molecular weight is 747 g/mol. The zero-order valence-electron chi connectivity index (χ0n) is 34.7. The van der Waals surface area contributed by atoms with Crippen LogP contribution in [0.2, 0.25) is 0 Å². The van der Waals surface area contributed by atoms with Crippen LogP contribution >= 0.6 is 0 Å². The van der Waals surface area contributed by atoms with Crippen LogP contribution in [-0.4, -0.2) is 80.6 Å². The van der Waals surface area contributed by atoms with Crippen molar-refractivity contribution in [3.63, 3.8) is 0 Å². The lowest BCUT2D eigenvalue weighted by atomic mass is 10.0. The molecule has 306 valence electrons. The summed E-state index contributed by atoms with van der Waals surface area (Å²) < 4.78 is 17.2. The smallest absolute Gasteiger partial charge is 0.362 e. The molecule has 0 saturated carbocycles. The van der Waals surface area contributed by atoms with E-state index >= 15 is 0 Å². The number of allylic oxidation sites excluding steroid dienone is 8. The summed E-state index contributed by atoms with van der Waals surface area (Å²) in [6.07, 6.45) is 41.5. The first-order valence-electron chi connectivity index (χ1n) is 21.2. The van der Waals surface area contributed by atoms with Crippen molar-refractivity contribution < 1.29 is 38.2 Å². The molecule has 0 aromatic heterocycles. The average Bonchev–Trinajstić information content (AvgIpc) is 3.11. The molecule has 0 spiro atoms. The molecule has 8 heteroatoms. The highest BCUT2D eigenvalue weighted by Crippen LogP contribution is 2.14. The Morgan fingerprint density at radius 1 is 0.585 bits per heavy atom. The molecule has 0 heterocycles. The Morgan fingerprint density at radius 3 is 1.57 bits per heavy atom. The Morgan fingerprint density at radius 2 is 1.06 bits per heavy atom. The van der Waals surface area contributed by atoms with Crippen LogP contribution < -0.4 is 0 Å². The molecule has 0 amide bonds. The quantitative estimate of drug-likeness (QED) is 0.0292. The molecule has 8 nitrogen and oxygen atoms in total. The number of carboxylic acids is 1. The van der Waals surface area contributed by atoms with Gasteiger partial charge in [-0.25, -0.2) is 4.79 Å². The number of hydrogen-bond donors (Lipinski definition) is 1. The molecule has 2 atom stereocenters. The van der Waals surface area contributed by atoms with Crippen molar-refractivity contribution in [1.82, 2.24) is 0 Å². The molecule has 0 rings (SSSR count). The van der Waals surface area contributed by atoms with Crippen molar-refractivity contribution in [3.8, 4) is 0 Å². The second kappa shape index (κ2) is 36.3. The number of carbonyl (C=O) groups excluding carboxylic acids is 2. The van der Waals surface area contributed by atoms with E-state index in [9.17, 15) is 19.5 Å². The van der Waals surface area contributed by atoms with Gasteiger partial charge >= 0.3 is 17.9 Å². The predicted molar refractivity (Wildman–Crippen MR) is 220 cm³/mol. The Hall–Kier alpha value is -2.71. The van der Waals surface area contributed by atoms with Crippen molar-refractivity contribution in [1.29, 1.82) is 0 Å². The maximum absolute atomic E-state index is 12.7. The molecule has 0 aromatic carbocycles. The van der Waals surface area contributed by atoms with E-state index in [0.29, 0.717) is 19.3 Å². The molecule has 1 N–H and O–H groups in total. The summed E-state index contributed by atoms with van der Waals surface area (Å²) in [6, 6.07) is -0.618. The van der Waals surface area contributed by atoms with Gasteiger partial charge in [0.05, 0.1) is 34.4 Å². The fourth-order valence-electron chi connectivity index (χ4n) is 5.96. The molecular weight excluding hydrogens is 666 g/mol. The fraction of sp³-hybridized carbons (Fsp3) is 0.756. The van der Waals surface area contributed by atoms with Gasteiger partial charge in [0, 0.05) is 19.3 Å². The van der Waals surface area contributed by atoms with Gasteiger partial charge < -0.3 is 23.8 Å². The highest BCUT2D eigenvalue weighted by atomic mass is 16.6. The van der Waals surface area contributed by atoms with E-state index < -0.39 is 18.1 Å². The zero-order chi connectivity index (χ0) is 39.3. The third-order valence-electron chi connectivity index (χ3n) is 9.24. The number of esters is 2. The van der Waals surface area contributed by atoms with Gasteiger partial charge in [-0.05, 0) is 51.4 Å². The minimum absolute atomic E-state index is 0.0516. The lowest BCUT2D eigenvalue weighted by Crippen LogP contribution is -2.50. The first-order chi connectivity index (χ1) is 25.6. The maximum Gasteiger partial charge on any atom is 0.362 e. The predicted octanol–water partition coefficient (Wildman–Crippen LogP) is 11.2. The molecule has 0 fully saturated rings. The van der Waals surface area contributed by atoms with E-state index in [2.05, 4.69) is 62.5 Å². The zero-order valence-corrected chi connectivity index (χ0v) is 34.7. The van der Waals surface area contributed by atoms with Crippen molar-refractivity contribution in [2.24, 2.45) is 0 Å². The summed E-state index contributed by atoms with van der Waals surface area (Å²) in [6.45, 7) is 4.59. The van der Waals surface area contributed by atoms with Crippen molar-refractivity contribution in [3.05, 3.63) is 48.6 Å². The monoisotopic (exact) mass is 747 g/mol. The Balaban J connectivity index is 4.42. The number of unbranched alkanes of at least 4 members (excludes halogenated alkanes) is 15. The van der Waals surface area contributed by atoms with Gasteiger partial charge in [-0.15, -0.1) is 0 Å². The third-order valence-corrected chi connectivity index (χ3v) is 9.24. The molecule has 0 aliphatic carbocycles. The van der Waals surface area contributed by atoms with Crippen LogP contribution in [0.1, 0.15) is 168 Å².